The van der Waals surface area contributed by atoms with E-state index >= 15 is 0 Å². The summed E-state index contributed by atoms with van der Waals surface area (Å²) in [6, 6.07) is 1.14. The van der Waals surface area contributed by atoms with Crippen LogP contribution in [0.3, 0.4) is 0 Å². The van der Waals surface area contributed by atoms with Crippen LogP contribution in [0.15, 0.2) is 21.9 Å². The van der Waals surface area contributed by atoms with E-state index < -0.39 is 29.7 Å². The van der Waals surface area contributed by atoms with Crippen LogP contribution in [0.25, 0.3) is 0 Å². The van der Waals surface area contributed by atoms with Crippen molar-refractivity contribution in [3.8, 4) is 0 Å². The van der Waals surface area contributed by atoms with Crippen LogP contribution in [0.1, 0.15) is 6.23 Å². The molecule has 1 aromatic rings. The average molecular weight is 214 g/mol. The van der Waals surface area contributed by atoms with E-state index in [0.717, 1.165) is 10.6 Å². The molecular formula is C8H10N2O5. The minimum Gasteiger partial charge on any atom is -0.388 e. The molecule has 0 spiro atoms. The van der Waals surface area contributed by atoms with E-state index in [4.69, 9.17) is 4.74 Å². The second-order valence-corrected chi connectivity index (χ2v) is 3.30. The van der Waals surface area contributed by atoms with E-state index in [9.17, 15) is 19.8 Å². The topological polar surface area (TPSA) is 105 Å². The second kappa shape index (κ2) is 3.61. The van der Waals surface area contributed by atoms with Crippen LogP contribution in [0, 0.1) is 0 Å². The van der Waals surface area contributed by atoms with Gasteiger partial charge in [-0.1, -0.05) is 0 Å². The number of aliphatic hydroxyl groups excluding tert-OH is 2. The molecule has 0 aliphatic carbocycles. The van der Waals surface area contributed by atoms with Crippen LogP contribution in [0.4, 0.5) is 0 Å². The molecule has 0 aromatic carbocycles. The summed E-state index contributed by atoms with van der Waals surface area (Å²) in [4.78, 5) is 24.1. The van der Waals surface area contributed by atoms with Gasteiger partial charge in [-0.25, -0.2) is 4.79 Å². The number of nitrogens with zero attached hydrogens (tertiary/aromatic N) is 1. The van der Waals surface area contributed by atoms with Gasteiger partial charge in [-0.05, 0) is 0 Å². The highest BCUT2D eigenvalue weighted by molar-refractivity contribution is 4.89. The molecule has 3 atom stereocenters. The molecule has 7 nitrogen and oxygen atoms in total. The van der Waals surface area contributed by atoms with Gasteiger partial charge in [-0.3, -0.25) is 14.3 Å². The molecule has 1 saturated heterocycles. The number of ether oxygens (including phenoxy) is 1. The lowest BCUT2D eigenvalue weighted by molar-refractivity contribution is -0.0212. The van der Waals surface area contributed by atoms with Crippen LogP contribution in [-0.2, 0) is 4.74 Å². The number of H-pyrrole nitrogens is 1. The van der Waals surface area contributed by atoms with Crippen molar-refractivity contribution < 1.29 is 14.9 Å². The summed E-state index contributed by atoms with van der Waals surface area (Å²) >= 11 is 0. The molecule has 0 saturated carbocycles. The first-order valence-corrected chi connectivity index (χ1v) is 4.39. The number of aliphatic hydroxyl groups is 2. The highest BCUT2D eigenvalue weighted by atomic mass is 16.5. The molecule has 0 radical (unpaired) electrons. The molecule has 0 unspecified atom stereocenters. The van der Waals surface area contributed by atoms with Crippen molar-refractivity contribution in [3.63, 3.8) is 0 Å². The van der Waals surface area contributed by atoms with Crippen LogP contribution in [0.2, 0.25) is 0 Å². The Hall–Kier alpha value is -1.44. The molecule has 0 amide bonds. The van der Waals surface area contributed by atoms with Crippen molar-refractivity contribution >= 4 is 0 Å². The van der Waals surface area contributed by atoms with Gasteiger partial charge in [0.2, 0.25) is 0 Å². The molecule has 3 N–H and O–H groups in total. The Bertz CT molecular complexity index is 465. The third kappa shape index (κ3) is 1.72. The van der Waals surface area contributed by atoms with Gasteiger partial charge in [0.05, 0.1) is 6.61 Å². The van der Waals surface area contributed by atoms with Crippen molar-refractivity contribution in [3.05, 3.63) is 33.1 Å². The molecule has 1 aromatic heterocycles. The van der Waals surface area contributed by atoms with E-state index in [0.29, 0.717) is 0 Å². The Morgan fingerprint density at radius 2 is 2.20 bits per heavy atom. The number of rotatable bonds is 1. The summed E-state index contributed by atoms with van der Waals surface area (Å²) in [5.74, 6) is 0. The fourth-order valence-electron chi connectivity index (χ4n) is 1.46. The predicted molar refractivity (Wildman–Crippen MR) is 48.3 cm³/mol. The van der Waals surface area contributed by atoms with Crippen molar-refractivity contribution in [2.75, 3.05) is 6.61 Å². The van der Waals surface area contributed by atoms with Gasteiger partial charge in [0.1, 0.15) is 12.2 Å². The lowest BCUT2D eigenvalue weighted by atomic mass is 10.2. The van der Waals surface area contributed by atoms with Gasteiger partial charge < -0.3 is 14.9 Å². The van der Waals surface area contributed by atoms with Gasteiger partial charge >= 0.3 is 5.69 Å². The van der Waals surface area contributed by atoms with Crippen molar-refractivity contribution in [1.82, 2.24) is 9.55 Å². The van der Waals surface area contributed by atoms with E-state index in [1.165, 1.54) is 6.20 Å². The lowest BCUT2D eigenvalue weighted by Gasteiger charge is -2.16. The SMILES string of the molecule is O=c1ccn([C@@H]2OC[C@H](O)[C@H]2O)c(=O)[nH]1. The fraction of sp³-hybridized carbons (Fsp3) is 0.500. The van der Waals surface area contributed by atoms with E-state index in [1.807, 2.05) is 4.98 Å². The molecule has 2 rings (SSSR count). The molecule has 1 aliphatic heterocycles. The predicted octanol–water partition coefficient (Wildman–Crippen LogP) is -2.21. The third-order valence-corrected chi connectivity index (χ3v) is 2.25. The molecule has 2 heterocycles. The number of hydrogen-bond donors (Lipinski definition) is 3. The smallest absolute Gasteiger partial charge is 0.330 e. The third-order valence-electron chi connectivity index (χ3n) is 2.25. The van der Waals surface area contributed by atoms with E-state index in [1.54, 1.807) is 0 Å². The van der Waals surface area contributed by atoms with Crippen molar-refractivity contribution in [2.45, 2.75) is 18.4 Å². The van der Waals surface area contributed by atoms with Gasteiger partial charge in [-0.15, -0.1) is 0 Å². The summed E-state index contributed by atoms with van der Waals surface area (Å²) in [5.41, 5.74) is -1.20. The van der Waals surface area contributed by atoms with Gasteiger partial charge in [0.25, 0.3) is 5.56 Å². The zero-order valence-corrected chi connectivity index (χ0v) is 7.66. The summed E-state index contributed by atoms with van der Waals surface area (Å²) in [6.07, 6.45) is -1.93. The first-order chi connectivity index (χ1) is 7.09. The minimum absolute atomic E-state index is 0.0442. The zero-order valence-electron chi connectivity index (χ0n) is 7.66. The molecule has 0 bridgehead atoms. The maximum absolute atomic E-state index is 11.3. The monoisotopic (exact) mass is 214 g/mol. The van der Waals surface area contributed by atoms with Crippen LogP contribution < -0.4 is 11.2 Å². The Kier molecular flexibility index (Phi) is 2.43. The van der Waals surface area contributed by atoms with Crippen molar-refractivity contribution in [1.29, 1.82) is 0 Å². The average Bonchev–Trinajstić information content (AvgIpc) is 2.49. The number of aromatic amines is 1. The molecular weight excluding hydrogens is 204 g/mol. The molecule has 7 heteroatoms. The summed E-state index contributed by atoms with van der Waals surface area (Å²) in [5, 5.41) is 18.7. The summed E-state index contributed by atoms with van der Waals surface area (Å²) in [6.45, 7) is -0.0442. The maximum Gasteiger partial charge on any atom is 0.330 e. The molecule has 82 valence electrons. The molecule has 15 heavy (non-hydrogen) atoms. The van der Waals surface area contributed by atoms with E-state index in [2.05, 4.69) is 0 Å². The first-order valence-electron chi connectivity index (χ1n) is 4.39. The Labute approximate surface area is 83.6 Å². The van der Waals surface area contributed by atoms with Crippen molar-refractivity contribution in [2.24, 2.45) is 0 Å². The van der Waals surface area contributed by atoms with Crippen LogP contribution in [0.5, 0.6) is 0 Å². The van der Waals surface area contributed by atoms with Gasteiger partial charge in [0, 0.05) is 12.3 Å². The highest BCUT2D eigenvalue weighted by Gasteiger charge is 2.36. The Morgan fingerprint density at radius 3 is 2.73 bits per heavy atom. The largest absolute Gasteiger partial charge is 0.388 e. The Morgan fingerprint density at radius 1 is 1.47 bits per heavy atom. The number of aromatic nitrogens is 2. The van der Waals surface area contributed by atoms with Crippen LogP contribution in [-0.4, -0.2) is 38.6 Å². The maximum atomic E-state index is 11.3. The summed E-state index contributed by atoms with van der Waals surface area (Å²) in [7, 11) is 0. The molecule has 1 fully saturated rings. The zero-order chi connectivity index (χ0) is 11.0. The Balaban J connectivity index is 2.39. The van der Waals surface area contributed by atoms with Gasteiger partial charge in [-0.2, -0.15) is 0 Å². The fourth-order valence-corrected chi connectivity index (χ4v) is 1.46. The van der Waals surface area contributed by atoms with E-state index in [-0.39, 0.29) is 6.61 Å². The minimum atomic E-state index is -1.17. The second-order valence-electron chi connectivity index (χ2n) is 3.30. The lowest BCUT2D eigenvalue weighted by Crippen LogP contribution is -2.37. The number of hydrogen-bond acceptors (Lipinski definition) is 5. The quantitative estimate of drug-likeness (QED) is 0.491. The highest BCUT2D eigenvalue weighted by Crippen LogP contribution is 2.21. The summed E-state index contributed by atoms with van der Waals surface area (Å²) < 4.78 is 6.06. The number of nitrogens with one attached hydrogen (secondary N) is 1. The standard InChI is InChI=1S/C8H10N2O5/c11-4-3-15-7(6(4)13)10-2-1-5(12)9-8(10)14/h1-2,4,6-7,11,13H,3H2,(H,9,12,14)/t4-,6+,7+/m0/s1. The molecule has 1 aliphatic rings. The van der Waals surface area contributed by atoms with Gasteiger partial charge in [0.15, 0.2) is 6.23 Å². The first kappa shape index (κ1) is 10.1. The van der Waals surface area contributed by atoms with Crippen LogP contribution >= 0.6 is 0 Å². The normalized spacial score (nSPS) is 30.7.